The summed E-state index contributed by atoms with van der Waals surface area (Å²) in [6, 6.07) is 14.4. The van der Waals surface area contributed by atoms with E-state index in [1.807, 2.05) is 6.92 Å². The quantitative estimate of drug-likeness (QED) is 0.0750. The van der Waals surface area contributed by atoms with Crippen molar-refractivity contribution < 1.29 is 33.5 Å². The van der Waals surface area contributed by atoms with Crippen molar-refractivity contribution in [1.82, 2.24) is 5.32 Å². The van der Waals surface area contributed by atoms with Crippen LogP contribution in [0.1, 0.15) is 69.4 Å². The molecule has 2 aliphatic rings. The number of esters is 2. The molecule has 1 fully saturated rings. The zero-order valence-electron chi connectivity index (χ0n) is 26.2. The number of ether oxygens (including phenoxy) is 4. The number of nitro benzene ring substituents is 1. The van der Waals surface area contributed by atoms with Gasteiger partial charge in [0.1, 0.15) is 0 Å². The predicted molar refractivity (Wildman–Crippen MR) is 172 cm³/mol. The lowest BCUT2D eigenvalue weighted by Gasteiger charge is -2.31. The largest absolute Gasteiger partial charge is 0.466 e. The molecule has 0 spiro atoms. The van der Waals surface area contributed by atoms with Gasteiger partial charge < -0.3 is 24.3 Å². The van der Waals surface area contributed by atoms with Gasteiger partial charge in [-0.15, -0.1) is 11.8 Å². The maximum absolute atomic E-state index is 13.5. The van der Waals surface area contributed by atoms with Crippen molar-refractivity contribution in [3.63, 3.8) is 0 Å². The Kier molecular flexibility index (Phi) is 13.0. The molecule has 0 aliphatic carbocycles. The number of thioether (sulfide) groups is 1. The molecule has 2 aliphatic heterocycles. The fourth-order valence-electron chi connectivity index (χ4n) is 5.53. The van der Waals surface area contributed by atoms with Gasteiger partial charge in [0.25, 0.3) is 5.69 Å². The second kappa shape index (κ2) is 17.1. The molecule has 0 saturated carbocycles. The number of methoxy groups -OCH3 is 1. The third-order valence-electron chi connectivity index (χ3n) is 7.80. The zero-order valence-corrected chi connectivity index (χ0v) is 27.0. The van der Waals surface area contributed by atoms with Crippen molar-refractivity contribution in [3.8, 4) is 0 Å². The Hall–Kier alpha value is -3.67. The highest BCUT2D eigenvalue weighted by Crippen LogP contribution is 2.40. The SMILES string of the molecule is CCC1=C(C(=O)OC)C(c2cccc([N+](=O)[O-])c2)C(C(=O)OCCCSc2ccc(CCCOC3CCCCO3)cc2)=C(C)N1. The fraction of sp³-hybridized carbons (Fsp3) is 0.471. The average Bonchev–Trinajstić information content (AvgIpc) is 3.06. The van der Waals surface area contributed by atoms with Gasteiger partial charge in [-0.25, -0.2) is 9.59 Å². The minimum atomic E-state index is -0.874. The van der Waals surface area contributed by atoms with E-state index < -0.39 is 22.8 Å². The molecule has 0 aromatic heterocycles. The average molecular weight is 639 g/mol. The van der Waals surface area contributed by atoms with Crippen LogP contribution in [0.25, 0.3) is 0 Å². The van der Waals surface area contributed by atoms with Crippen LogP contribution in [0.2, 0.25) is 0 Å². The molecule has 1 saturated heterocycles. The molecule has 242 valence electrons. The number of hydrogen-bond donors (Lipinski definition) is 1. The van der Waals surface area contributed by atoms with Crippen LogP contribution in [0, 0.1) is 10.1 Å². The van der Waals surface area contributed by atoms with Crippen molar-refractivity contribution in [2.45, 2.75) is 75.9 Å². The summed E-state index contributed by atoms with van der Waals surface area (Å²) in [6.45, 7) is 5.28. The number of benzene rings is 2. The van der Waals surface area contributed by atoms with Gasteiger partial charge in [-0.05, 0) is 75.1 Å². The Morgan fingerprint density at radius 1 is 1.07 bits per heavy atom. The second-order valence-corrected chi connectivity index (χ2v) is 12.1. The zero-order chi connectivity index (χ0) is 32.2. The number of nitro groups is 1. The Morgan fingerprint density at radius 3 is 2.56 bits per heavy atom. The Labute approximate surface area is 268 Å². The molecule has 2 unspecified atom stereocenters. The van der Waals surface area contributed by atoms with Crippen LogP contribution in [0.4, 0.5) is 5.69 Å². The van der Waals surface area contributed by atoms with E-state index in [0.29, 0.717) is 36.4 Å². The van der Waals surface area contributed by atoms with Crippen molar-refractivity contribution in [2.75, 3.05) is 32.7 Å². The highest BCUT2D eigenvalue weighted by atomic mass is 32.2. The van der Waals surface area contributed by atoms with E-state index in [4.69, 9.17) is 18.9 Å². The van der Waals surface area contributed by atoms with E-state index in [9.17, 15) is 19.7 Å². The van der Waals surface area contributed by atoms with Crippen molar-refractivity contribution >= 4 is 29.4 Å². The van der Waals surface area contributed by atoms with Crippen LogP contribution in [0.15, 0.2) is 76.0 Å². The summed E-state index contributed by atoms with van der Waals surface area (Å²) in [5.74, 6) is -1.32. The van der Waals surface area contributed by atoms with E-state index in [2.05, 4.69) is 29.6 Å². The van der Waals surface area contributed by atoms with Crippen LogP contribution in [0.3, 0.4) is 0 Å². The molecule has 2 aromatic carbocycles. The molecule has 0 bridgehead atoms. The number of carbonyl (C=O) groups excluding carboxylic acids is 2. The number of non-ortho nitro benzene ring substituents is 1. The summed E-state index contributed by atoms with van der Waals surface area (Å²) in [7, 11) is 1.27. The molecular weight excluding hydrogens is 596 g/mol. The number of rotatable bonds is 15. The fourth-order valence-corrected chi connectivity index (χ4v) is 6.35. The van der Waals surface area contributed by atoms with Gasteiger partial charge in [0.05, 0.1) is 42.3 Å². The molecule has 4 rings (SSSR count). The van der Waals surface area contributed by atoms with Gasteiger partial charge in [-0.1, -0.05) is 31.2 Å². The summed E-state index contributed by atoms with van der Waals surface area (Å²) >= 11 is 1.69. The Bertz CT molecular complexity index is 1400. The second-order valence-electron chi connectivity index (χ2n) is 10.9. The molecule has 1 N–H and O–H groups in total. The molecule has 2 atom stereocenters. The maximum Gasteiger partial charge on any atom is 0.336 e. The summed E-state index contributed by atoms with van der Waals surface area (Å²) in [5.41, 5.74) is 3.16. The first kappa shape index (κ1) is 34.2. The summed E-state index contributed by atoms with van der Waals surface area (Å²) in [4.78, 5) is 38.6. The monoisotopic (exact) mass is 638 g/mol. The lowest BCUT2D eigenvalue weighted by atomic mass is 9.79. The Morgan fingerprint density at radius 2 is 1.87 bits per heavy atom. The van der Waals surface area contributed by atoms with Gasteiger partial charge in [0.15, 0.2) is 6.29 Å². The predicted octanol–water partition coefficient (Wildman–Crippen LogP) is 6.59. The van der Waals surface area contributed by atoms with Gasteiger partial charge in [0.2, 0.25) is 0 Å². The van der Waals surface area contributed by atoms with E-state index in [1.165, 1.54) is 31.2 Å². The van der Waals surface area contributed by atoms with Gasteiger partial charge in [-0.2, -0.15) is 0 Å². The highest BCUT2D eigenvalue weighted by molar-refractivity contribution is 7.99. The van der Waals surface area contributed by atoms with E-state index in [-0.39, 0.29) is 29.7 Å². The highest BCUT2D eigenvalue weighted by Gasteiger charge is 2.38. The standard InChI is InChI=1S/C34H42N2O8S/c1-4-28-32(33(37)41-3)31(25-11-7-12-26(22-25)36(39)40)30(23(2)35-28)34(38)44-20-9-21-45-27-16-14-24(15-17-27)10-8-19-43-29-13-5-6-18-42-29/h7,11-12,14-17,22,29,31,35H,4-6,8-10,13,18-21H2,1-3H3. The molecule has 11 heteroatoms. The van der Waals surface area contributed by atoms with Crippen molar-refractivity contribution in [2.24, 2.45) is 0 Å². The maximum atomic E-state index is 13.5. The lowest BCUT2D eigenvalue weighted by Crippen LogP contribution is -2.33. The van der Waals surface area contributed by atoms with Crippen LogP contribution in [0.5, 0.6) is 0 Å². The van der Waals surface area contributed by atoms with Crippen LogP contribution in [-0.4, -0.2) is 55.8 Å². The van der Waals surface area contributed by atoms with Gasteiger partial charge >= 0.3 is 11.9 Å². The lowest BCUT2D eigenvalue weighted by molar-refractivity contribution is -0.384. The number of aryl methyl sites for hydroxylation is 1. The van der Waals surface area contributed by atoms with E-state index in [1.54, 1.807) is 30.8 Å². The van der Waals surface area contributed by atoms with Crippen LogP contribution in [-0.2, 0) is 35.0 Å². The smallest absolute Gasteiger partial charge is 0.336 e. The minimum absolute atomic E-state index is 0.0470. The van der Waals surface area contributed by atoms with Crippen LogP contribution < -0.4 is 5.32 Å². The van der Waals surface area contributed by atoms with Gasteiger partial charge in [0, 0.05) is 40.8 Å². The number of dihydropyridines is 1. The first-order valence-electron chi connectivity index (χ1n) is 15.5. The topological polar surface area (TPSA) is 126 Å². The van der Waals surface area contributed by atoms with E-state index in [0.717, 1.165) is 42.9 Å². The summed E-state index contributed by atoms with van der Waals surface area (Å²) in [5, 5.41) is 14.7. The summed E-state index contributed by atoms with van der Waals surface area (Å²) < 4.78 is 22.2. The number of allylic oxidation sites excluding steroid dienone is 2. The molecule has 2 aromatic rings. The number of nitrogens with zero attached hydrogens (tertiary/aromatic N) is 1. The number of hydrogen-bond acceptors (Lipinski definition) is 10. The Balaban J connectivity index is 1.31. The summed E-state index contributed by atoms with van der Waals surface area (Å²) in [6.07, 6.45) is 6.21. The molecule has 2 heterocycles. The minimum Gasteiger partial charge on any atom is -0.466 e. The van der Waals surface area contributed by atoms with Crippen LogP contribution >= 0.6 is 11.8 Å². The number of carbonyl (C=O) groups is 2. The van der Waals surface area contributed by atoms with Crippen molar-refractivity contribution in [3.05, 3.63) is 92.3 Å². The molecule has 45 heavy (non-hydrogen) atoms. The molecule has 0 radical (unpaired) electrons. The molecule has 0 amide bonds. The molecule has 10 nitrogen and oxygen atoms in total. The number of nitrogens with one attached hydrogen (secondary N) is 1. The molecular formula is C34H42N2O8S. The normalized spacial score (nSPS) is 18.4. The first-order chi connectivity index (χ1) is 21.8. The van der Waals surface area contributed by atoms with Gasteiger partial charge in [-0.3, -0.25) is 10.1 Å². The van der Waals surface area contributed by atoms with E-state index >= 15 is 0 Å². The van der Waals surface area contributed by atoms with Crippen molar-refractivity contribution in [1.29, 1.82) is 0 Å². The third kappa shape index (κ3) is 9.42. The first-order valence-corrected chi connectivity index (χ1v) is 16.5. The third-order valence-corrected chi connectivity index (χ3v) is 8.90.